The second-order valence-electron chi connectivity index (χ2n) is 10.2. The van der Waals surface area contributed by atoms with E-state index in [9.17, 15) is 13.2 Å². The zero-order valence-corrected chi connectivity index (χ0v) is 24.2. The highest BCUT2D eigenvalue weighted by atomic mass is 35.5. The lowest BCUT2D eigenvalue weighted by molar-refractivity contribution is -0.118. The lowest BCUT2D eigenvalue weighted by atomic mass is 9.88. The van der Waals surface area contributed by atoms with Gasteiger partial charge in [-0.1, -0.05) is 42.8 Å². The molecule has 212 valence electrons. The van der Waals surface area contributed by atoms with Crippen molar-refractivity contribution < 1.29 is 17.9 Å². The Labute approximate surface area is 241 Å². The molecular formula is C30H35ClN4O4S. The average Bonchev–Trinajstić information content (AvgIpc) is 2.97. The first kappa shape index (κ1) is 28.4. The maximum atomic E-state index is 14.0. The Kier molecular flexibility index (Phi) is 8.95. The lowest BCUT2D eigenvalue weighted by Gasteiger charge is -2.36. The molecule has 0 spiro atoms. The Hall–Kier alpha value is -3.11. The van der Waals surface area contributed by atoms with Crippen LogP contribution in [0.3, 0.4) is 0 Å². The van der Waals surface area contributed by atoms with Crippen LogP contribution in [0, 0.1) is 0 Å². The topological polar surface area (TPSA) is 91.0 Å². The molecule has 5 rings (SSSR count). The molecule has 10 heteroatoms. The average molecular weight is 583 g/mol. The van der Waals surface area contributed by atoms with Crippen molar-refractivity contribution in [2.75, 3.05) is 49.5 Å². The van der Waals surface area contributed by atoms with E-state index in [1.54, 1.807) is 42.5 Å². The molecule has 1 aliphatic heterocycles. The van der Waals surface area contributed by atoms with E-state index in [1.807, 2.05) is 18.2 Å². The summed E-state index contributed by atoms with van der Waals surface area (Å²) >= 11 is 5.91. The van der Waals surface area contributed by atoms with Crippen molar-refractivity contribution in [2.45, 2.75) is 37.1 Å². The van der Waals surface area contributed by atoms with Crippen LogP contribution in [0.2, 0.25) is 5.02 Å². The van der Waals surface area contributed by atoms with Gasteiger partial charge in [0, 0.05) is 42.9 Å². The number of amides is 1. The molecule has 1 saturated heterocycles. The minimum absolute atomic E-state index is 0.164. The molecule has 2 N–H and O–H groups in total. The maximum absolute atomic E-state index is 14.0. The van der Waals surface area contributed by atoms with Gasteiger partial charge in [0.25, 0.3) is 5.91 Å². The molecule has 2 aliphatic rings. The van der Waals surface area contributed by atoms with Gasteiger partial charge in [0.2, 0.25) is 10.0 Å². The molecule has 0 bridgehead atoms. The van der Waals surface area contributed by atoms with Crippen molar-refractivity contribution in [3.8, 4) is 5.75 Å². The molecule has 40 heavy (non-hydrogen) atoms. The first-order valence-electron chi connectivity index (χ1n) is 13.7. The monoisotopic (exact) mass is 582 g/mol. The van der Waals surface area contributed by atoms with Gasteiger partial charge in [-0.25, -0.2) is 13.1 Å². The smallest absolute Gasteiger partial charge is 0.262 e. The SMILES string of the molecule is CCN1CCN(c2ccc(NC(=O)COc3ccc(Cl)cc3)cc2S(=O)(=O)NC2CCCc3ccccc32)CC1. The summed E-state index contributed by atoms with van der Waals surface area (Å²) in [6.07, 6.45) is 2.60. The molecule has 1 unspecified atom stereocenters. The van der Waals surface area contributed by atoms with E-state index < -0.39 is 15.9 Å². The van der Waals surface area contributed by atoms with Crippen molar-refractivity contribution in [1.29, 1.82) is 0 Å². The molecule has 0 radical (unpaired) electrons. The Balaban J connectivity index is 1.38. The third-order valence-electron chi connectivity index (χ3n) is 7.54. The standard InChI is InChI=1S/C30H35ClN4O4S/c1-2-34-16-18-35(19-17-34)28-15-12-24(32-30(36)21-39-25-13-10-23(31)11-14-25)20-29(28)40(37,38)33-27-9-5-7-22-6-3-4-8-26(22)27/h3-4,6,8,10-15,20,27,33H,2,5,7,9,16-19,21H2,1H3,(H,32,36). The van der Waals surface area contributed by atoms with Crippen molar-refractivity contribution in [3.63, 3.8) is 0 Å². The molecule has 1 heterocycles. The predicted molar refractivity (Wildman–Crippen MR) is 159 cm³/mol. The molecule has 8 nitrogen and oxygen atoms in total. The van der Waals surface area contributed by atoms with Crippen molar-refractivity contribution in [2.24, 2.45) is 0 Å². The van der Waals surface area contributed by atoms with Crippen LogP contribution in [0.25, 0.3) is 0 Å². The van der Waals surface area contributed by atoms with Gasteiger partial charge in [-0.05, 0) is 79.4 Å². The number of carbonyl (C=O) groups is 1. The molecule has 1 atom stereocenters. The van der Waals surface area contributed by atoms with Gasteiger partial charge in [-0.3, -0.25) is 4.79 Å². The summed E-state index contributed by atoms with van der Waals surface area (Å²) in [7, 11) is -3.92. The summed E-state index contributed by atoms with van der Waals surface area (Å²) in [4.78, 5) is 17.3. The Morgan fingerprint density at radius 1 is 1.02 bits per heavy atom. The van der Waals surface area contributed by atoms with Gasteiger partial charge >= 0.3 is 0 Å². The van der Waals surface area contributed by atoms with E-state index in [2.05, 4.69) is 32.8 Å². The van der Waals surface area contributed by atoms with Gasteiger partial charge in [0.1, 0.15) is 10.6 Å². The van der Waals surface area contributed by atoms with Crippen molar-refractivity contribution >= 4 is 38.9 Å². The number of rotatable bonds is 9. The fraction of sp³-hybridized carbons (Fsp3) is 0.367. The van der Waals surface area contributed by atoms with Crippen LogP contribution in [-0.2, 0) is 21.2 Å². The number of hydrogen-bond acceptors (Lipinski definition) is 6. The Morgan fingerprint density at radius 3 is 2.52 bits per heavy atom. The van der Waals surface area contributed by atoms with Crippen LogP contribution in [0.5, 0.6) is 5.75 Å². The van der Waals surface area contributed by atoms with Crippen LogP contribution in [-0.4, -0.2) is 58.6 Å². The van der Waals surface area contributed by atoms with E-state index in [0.717, 1.165) is 57.5 Å². The number of benzene rings is 3. The highest BCUT2D eigenvalue weighted by Crippen LogP contribution is 2.34. The van der Waals surface area contributed by atoms with E-state index >= 15 is 0 Å². The summed E-state index contributed by atoms with van der Waals surface area (Å²) in [5.41, 5.74) is 3.24. The van der Waals surface area contributed by atoms with Crippen molar-refractivity contribution in [1.82, 2.24) is 9.62 Å². The van der Waals surface area contributed by atoms with Crippen molar-refractivity contribution in [3.05, 3.63) is 82.9 Å². The molecule has 3 aromatic rings. The first-order chi connectivity index (χ1) is 19.3. The van der Waals surface area contributed by atoms with Crippen LogP contribution >= 0.6 is 11.6 Å². The molecule has 1 amide bonds. The number of carbonyl (C=O) groups excluding carboxylic acids is 1. The van der Waals surface area contributed by atoms with Gasteiger partial charge in [0.15, 0.2) is 6.61 Å². The van der Waals surface area contributed by atoms with Crippen LogP contribution in [0.4, 0.5) is 11.4 Å². The molecule has 1 fully saturated rings. The highest BCUT2D eigenvalue weighted by Gasteiger charge is 2.30. The second kappa shape index (κ2) is 12.6. The molecule has 0 aromatic heterocycles. The lowest BCUT2D eigenvalue weighted by Crippen LogP contribution is -2.46. The van der Waals surface area contributed by atoms with Gasteiger partial charge in [0.05, 0.1) is 5.69 Å². The fourth-order valence-electron chi connectivity index (χ4n) is 5.38. The van der Waals surface area contributed by atoms with Crippen LogP contribution < -0.4 is 19.7 Å². The number of sulfonamides is 1. The Morgan fingerprint density at radius 2 is 1.77 bits per heavy atom. The van der Waals surface area contributed by atoms with E-state index in [-0.39, 0.29) is 17.5 Å². The summed E-state index contributed by atoms with van der Waals surface area (Å²) in [5.74, 6) is 0.123. The van der Waals surface area contributed by atoms with Gasteiger partial charge in [-0.15, -0.1) is 0 Å². The summed E-state index contributed by atoms with van der Waals surface area (Å²) in [6, 6.07) is 19.5. The molecule has 0 saturated carbocycles. The van der Waals surface area contributed by atoms with E-state index in [0.29, 0.717) is 22.1 Å². The number of hydrogen-bond donors (Lipinski definition) is 2. The van der Waals surface area contributed by atoms with E-state index in [1.165, 1.54) is 5.56 Å². The molecule has 3 aromatic carbocycles. The normalized spacial score (nSPS) is 17.8. The predicted octanol–water partition coefficient (Wildman–Crippen LogP) is 4.86. The summed E-state index contributed by atoms with van der Waals surface area (Å²) in [6.45, 7) is 6.05. The number of anilines is 2. The number of nitrogens with one attached hydrogen (secondary N) is 2. The number of nitrogens with zero attached hydrogens (tertiary/aromatic N) is 2. The summed E-state index contributed by atoms with van der Waals surface area (Å²) < 4.78 is 36.5. The first-order valence-corrected chi connectivity index (χ1v) is 15.6. The number of fused-ring (bicyclic) bond motifs is 1. The third-order valence-corrected chi connectivity index (χ3v) is 9.30. The van der Waals surface area contributed by atoms with Gasteiger partial charge < -0.3 is 19.9 Å². The maximum Gasteiger partial charge on any atom is 0.262 e. The molecule has 1 aliphatic carbocycles. The zero-order chi connectivity index (χ0) is 28.1. The zero-order valence-electron chi connectivity index (χ0n) is 22.6. The summed E-state index contributed by atoms with van der Waals surface area (Å²) in [5, 5.41) is 3.37. The number of aryl methyl sites for hydroxylation is 1. The minimum atomic E-state index is -3.92. The molecular weight excluding hydrogens is 548 g/mol. The largest absolute Gasteiger partial charge is 0.484 e. The minimum Gasteiger partial charge on any atom is -0.484 e. The number of halogens is 1. The highest BCUT2D eigenvalue weighted by molar-refractivity contribution is 7.89. The quantitative estimate of drug-likeness (QED) is 0.375. The number of piperazine rings is 1. The fourth-order valence-corrected chi connectivity index (χ4v) is 7.00. The number of ether oxygens (including phenoxy) is 1. The number of likely N-dealkylation sites (N-methyl/N-ethyl adjacent to an activating group) is 1. The Bertz CT molecular complexity index is 1440. The van der Waals surface area contributed by atoms with Crippen LogP contribution in [0.1, 0.15) is 36.9 Å². The van der Waals surface area contributed by atoms with Gasteiger partial charge in [-0.2, -0.15) is 0 Å². The second-order valence-corrected chi connectivity index (χ2v) is 12.3. The van der Waals surface area contributed by atoms with E-state index in [4.69, 9.17) is 16.3 Å². The van der Waals surface area contributed by atoms with Crippen LogP contribution in [0.15, 0.2) is 71.6 Å². The third kappa shape index (κ3) is 6.78.